The van der Waals surface area contributed by atoms with E-state index in [-0.39, 0.29) is 63.4 Å². The molecule has 9 N–H and O–H groups in total. The molecular weight excluding hydrogens is 845 g/mol. The molecule has 0 bridgehead atoms. The quantitative estimate of drug-likeness (QED) is 0.0151. The van der Waals surface area contributed by atoms with Crippen molar-refractivity contribution in [2.45, 2.75) is 63.8 Å². The lowest BCUT2D eigenvalue weighted by molar-refractivity contribution is -0.148. The number of nitrogens with two attached hydrogens (primary N) is 3. The highest BCUT2D eigenvalue weighted by Gasteiger charge is 2.29. The number of hydrogen-bond acceptors (Lipinski definition) is 9. The van der Waals surface area contributed by atoms with E-state index in [1.54, 1.807) is 6.08 Å². The molecule has 5 aromatic carbocycles. The minimum absolute atomic E-state index is 0. The Labute approximate surface area is 380 Å². The second-order valence-electron chi connectivity index (χ2n) is 14.4. The van der Waals surface area contributed by atoms with Crippen LogP contribution >= 0.6 is 24.8 Å². The Bertz CT molecular complexity index is 2330. The average Bonchev–Trinajstić information content (AvgIpc) is 3.27. The minimum Gasteiger partial charge on any atom is -0.489 e. The predicted molar refractivity (Wildman–Crippen MR) is 253 cm³/mol. The van der Waals surface area contributed by atoms with Gasteiger partial charge in [0, 0.05) is 17.7 Å². The Hall–Kier alpha value is -6.35. The maximum atomic E-state index is 14.0. The molecule has 336 valence electrons. The van der Waals surface area contributed by atoms with Gasteiger partial charge in [-0.15, -0.1) is 24.8 Å². The monoisotopic (exact) mass is 901 g/mol. The van der Waals surface area contributed by atoms with Gasteiger partial charge in [-0.3, -0.25) is 19.4 Å². The van der Waals surface area contributed by atoms with Gasteiger partial charge < -0.3 is 47.4 Å². The molecule has 63 heavy (non-hydrogen) atoms. The number of guanidine groups is 1. The summed E-state index contributed by atoms with van der Waals surface area (Å²) in [5.74, 6) is -1.48. The first-order chi connectivity index (χ1) is 29.6. The number of halogens is 2. The van der Waals surface area contributed by atoms with Crippen molar-refractivity contribution in [3.05, 3.63) is 121 Å². The van der Waals surface area contributed by atoms with Crippen LogP contribution < -0.4 is 42.6 Å². The van der Waals surface area contributed by atoms with E-state index in [9.17, 15) is 19.2 Å². The van der Waals surface area contributed by atoms with Gasteiger partial charge in [-0.05, 0) is 84.8 Å². The predicted octanol–water partition coefficient (Wildman–Crippen LogP) is 5.85. The second-order valence-corrected chi connectivity index (χ2v) is 14.4. The van der Waals surface area contributed by atoms with E-state index in [0.717, 1.165) is 38.2 Å². The Morgan fingerprint density at radius 3 is 1.86 bits per heavy atom. The number of nitrogens with zero attached hydrogens (tertiary/aromatic N) is 1. The summed E-state index contributed by atoms with van der Waals surface area (Å²) in [6.45, 7) is 5.78. The van der Waals surface area contributed by atoms with Crippen LogP contribution in [-0.4, -0.2) is 74.1 Å². The number of amides is 3. The van der Waals surface area contributed by atoms with Gasteiger partial charge in [0.2, 0.25) is 11.8 Å². The first-order valence-corrected chi connectivity index (χ1v) is 20.4. The number of unbranched alkanes of at least 4 members (excludes halogenated alkanes) is 1. The van der Waals surface area contributed by atoms with Gasteiger partial charge in [0.1, 0.15) is 42.8 Å². The number of ether oxygens (including phenoxy) is 3. The normalized spacial score (nSPS) is 12.0. The molecule has 0 aliphatic rings. The second kappa shape index (κ2) is 26.2. The number of esters is 1. The molecule has 0 aliphatic carbocycles. The van der Waals surface area contributed by atoms with Gasteiger partial charge in [0.15, 0.2) is 12.6 Å². The van der Waals surface area contributed by atoms with Crippen LogP contribution in [0.5, 0.6) is 11.5 Å². The van der Waals surface area contributed by atoms with Crippen LogP contribution in [0.3, 0.4) is 0 Å². The fourth-order valence-corrected chi connectivity index (χ4v) is 6.82. The zero-order valence-electron chi connectivity index (χ0n) is 35.3. The molecule has 0 heterocycles. The molecule has 0 fully saturated rings. The number of carbonyl (C=O) groups is 4. The molecule has 0 saturated carbocycles. The Morgan fingerprint density at radius 2 is 1.25 bits per heavy atom. The molecule has 0 aromatic heterocycles. The molecule has 16 heteroatoms. The molecule has 5 rings (SSSR count). The van der Waals surface area contributed by atoms with Gasteiger partial charge in [-0.1, -0.05) is 104 Å². The third-order valence-corrected chi connectivity index (χ3v) is 9.86. The maximum absolute atomic E-state index is 14.0. The van der Waals surface area contributed by atoms with E-state index in [0.29, 0.717) is 37.3 Å². The fraction of sp³-hybridized carbons (Fsp3) is 0.298. The third-order valence-electron chi connectivity index (χ3n) is 9.86. The minimum atomic E-state index is -1.10. The zero-order valence-corrected chi connectivity index (χ0v) is 36.9. The molecule has 5 aromatic rings. The lowest BCUT2D eigenvalue weighted by atomic mass is 9.92. The summed E-state index contributed by atoms with van der Waals surface area (Å²) in [6, 6.07) is 29.5. The van der Waals surface area contributed by atoms with Crippen molar-refractivity contribution in [1.82, 2.24) is 16.0 Å². The standard InChI is InChI=1S/C47H55N7O7.2ClH/c1-3-28-59-39-24-22-33-16-7-9-18-35(33)42(39)43-36-19-10-8-17-34(36)23-25-40(43)60-30-41(55)53-37(20-11-12-26-48)45(57)54-38(21-13-27-51-47(49)50)44(56)52-31(2)46(58)61-29-32-14-5-4-6-15-32;;/h3-10,14-19,22-25,31,37-38H,1,11-13,20-21,26-30,48H2,2H3,(H,52,56)(H,53,55)(H,54,57)(H4,49,50,51);2*1H/t31-,37+,38+;;/m0../s1. The van der Waals surface area contributed by atoms with Crippen LogP contribution in [0.1, 0.15) is 44.6 Å². The molecule has 14 nitrogen and oxygen atoms in total. The van der Waals surface area contributed by atoms with Crippen molar-refractivity contribution in [1.29, 1.82) is 0 Å². The maximum Gasteiger partial charge on any atom is 0.328 e. The SMILES string of the molecule is C=CCOc1ccc2ccccc2c1-c1c(OCC(=O)N[C@H](CCCCN)C(=O)N[C@H](CCCN=C(N)N)C(=O)N[C@@H](C)C(=O)OCc2ccccc2)ccc2ccccc12.Cl.Cl. The number of hydrogen-bond donors (Lipinski definition) is 6. The van der Waals surface area contributed by atoms with Crippen molar-refractivity contribution < 1.29 is 33.4 Å². The van der Waals surface area contributed by atoms with E-state index in [2.05, 4.69) is 27.5 Å². The fourth-order valence-electron chi connectivity index (χ4n) is 6.82. The van der Waals surface area contributed by atoms with Crippen molar-refractivity contribution in [3.8, 4) is 22.6 Å². The lowest BCUT2D eigenvalue weighted by Gasteiger charge is -2.24. The summed E-state index contributed by atoms with van der Waals surface area (Å²) >= 11 is 0. The summed E-state index contributed by atoms with van der Waals surface area (Å²) < 4.78 is 17.9. The van der Waals surface area contributed by atoms with Crippen LogP contribution in [0.25, 0.3) is 32.7 Å². The summed E-state index contributed by atoms with van der Waals surface area (Å²) in [4.78, 5) is 58.1. The highest BCUT2D eigenvalue weighted by molar-refractivity contribution is 6.10. The van der Waals surface area contributed by atoms with E-state index in [1.165, 1.54) is 6.92 Å². The largest absolute Gasteiger partial charge is 0.489 e. The summed E-state index contributed by atoms with van der Waals surface area (Å²) in [6.07, 6.45) is 3.49. The number of carbonyl (C=O) groups excluding carboxylic acids is 4. The van der Waals surface area contributed by atoms with Crippen LogP contribution in [0.15, 0.2) is 121 Å². The van der Waals surface area contributed by atoms with Gasteiger partial charge in [0.25, 0.3) is 5.91 Å². The number of nitrogens with one attached hydrogen (secondary N) is 3. The zero-order chi connectivity index (χ0) is 43.6. The highest BCUT2D eigenvalue weighted by Crippen LogP contribution is 2.45. The van der Waals surface area contributed by atoms with Crippen molar-refractivity contribution in [2.75, 3.05) is 26.3 Å². The van der Waals surface area contributed by atoms with Gasteiger partial charge in [-0.2, -0.15) is 0 Å². The first kappa shape index (κ1) is 51.0. The Morgan fingerprint density at radius 1 is 0.698 bits per heavy atom. The molecule has 0 saturated heterocycles. The van der Waals surface area contributed by atoms with Crippen molar-refractivity contribution in [2.24, 2.45) is 22.2 Å². The van der Waals surface area contributed by atoms with E-state index < -0.39 is 48.4 Å². The van der Waals surface area contributed by atoms with E-state index in [1.807, 2.05) is 103 Å². The summed E-state index contributed by atoms with van der Waals surface area (Å²) in [7, 11) is 0. The molecule has 0 spiro atoms. The van der Waals surface area contributed by atoms with Gasteiger partial charge >= 0.3 is 5.97 Å². The van der Waals surface area contributed by atoms with E-state index in [4.69, 9.17) is 31.4 Å². The number of fused-ring (bicyclic) bond motifs is 2. The van der Waals surface area contributed by atoms with Crippen LogP contribution in [-0.2, 0) is 30.5 Å². The van der Waals surface area contributed by atoms with E-state index >= 15 is 0 Å². The van der Waals surface area contributed by atoms with Crippen molar-refractivity contribution >= 4 is 76.0 Å². The summed E-state index contributed by atoms with van der Waals surface area (Å²) in [5.41, 5.74) is 19.1. The number of aliphatic imine (C=N–C) groups is 1. The number of benzene rings is 5. The van der Waals surface area contributed by atoms with Crippen LogP contribution in [0.4, 0.5) is 0 Å². The lowest BCUT2D eigenvalue weighted by Crippen LogP contribution is -2.55. The van der Waals surface area contributed by atoms with Crippen LogP contribution in [0, 0.1) is 0 Å². The molecule has 0 unspecified atom stereocenters. The van der Waals surface area contributed by atoms with Crippen LogP contribution in [0.2, 0.25) is 0 Å². The molecule has 0 aliphatic heterocycles. The Balaban J connectivity index is 0.00000528. The summed E-state index contributed by atoms with van der Waals surface area (Å²) in [5, 5.41) is 12.0. The molecular formula is C47H57Cl2N7O7. The average molecular weight is 903 g/mol. The topological polar surface area (TPSA) is 222 Å². The molecule has 3 amide bonds. The third kappa shape index (κ3) is 14.9. The molecule has 0 radical (unpaired) electrons. The van der Waals surface area contributed by atoms with Gasteiger partial charge in [0.05, 0.1) is 0 Å². The first-order valence-electron chi connectivity index (χ1n) is 20.4. The highest BCUT2D eigenvalue weighted by atomic mass is 35.5. The van der Waals surface area contributed by atoms with Crippen molar-refractivity contribution in [3.63, 3.8) is 0 Å². The molecule has 3 atom stereocenters. The van der Waals surface area contributed by atoms with Gasteiger partial charge in [-0.25, -0.2) is 4.79 Å². The smallest absolute Gasteiger partial charge is 0.328 e. The number of rotatable bonds is 23. The Kier molecular flexibility index (Phi) is 21.2.